The van der Waals surface area contributed by atoms with Gasteiger partial charge >= 0.3 is 0 Å². The number of nitrogens with zero attached hydrogens (tertiary/aromatic N) is 1. The minimum atomic E-state index is -3.59. The van der Waals surface area contributed by atoms with Gasteiger partial charge in [-0.25, -0.2) is 12.7 Å². The van der Waals surface area contributed by atoms with Gasteiger partial charge in [-0.2, -0.15) is 0 Å². The number of halogens is 1. The first kappa shape index (κ1) is 20.0. The first-order valence-electron chi connectivity index (χ1n) is 7.32. The molecule has 8 heteroatoms. The third-order valence-corrected chi connectivity index (χ3v) is 5.43. The number of hydrogen-bond acceptors (Lipinski definition) is 5. The molecule has 0 unspecified atom stereocenters. The van der Waals surface area contributed by atoms with Crippen LogP contribution in [0.4, 0.5) is 0 Å². The number of hydrogen-bond donors (Lipinski definition) is 1. The lowest BCUT2D eigenvalue weighted by Crippen LogP contribution is -2.39. The summed E-state index contributed by atoms with van der Waals surface area (Å²) in [7, 11) is -2.02. The molecule has 6 nitrogen and oxygen atoms in total. The van der Waals surface area contributed by atoms with E-state index in [1.54, 1.807) is 19.2 Å². The van der Waals surface area contributed by atoms with Crippen molar-refractivity contribution in [2.75, 3.05) is 33.4 Å². The van der Waals surface area contributed by atoms with Crippen molar-refractivity contribution in [2.24, 2.45) is 11.1 Å². The van der Waals surface area contributed by atoms with E-state index in [4.69, 9.17) is 15.2 Å². The molecule has 1 aliphatic rings. The average molecular weight is 365 g/mol. The molecule has 1 aromatic rings. The molecule has 2 N–H and O–H groups in total. The molecule has 2 rings (SSSR count). The molecular weight excluding hydrogens is 340 g/mol. The van der Waals surface area contributed by atoms with E-state index in [-0.39, 0.29) is 22.7 Å². The van der Waals surface area contributed by atoms with Crippen LogP contribution in [0.25, 0.3) is 0 Å². The molecule has 0 aliphatic carbocycles. The maximum Gasteiger partial charge on any atom is 0.242 e. The van der Waals surface area contributed by atoms with Crippen LogP contribution in [0, 0.1) is 5.41 Å². The zero-order valence-electron chi connectivity index (χ0n) is 13.7. The zero-order valence-corrected chi connectivity index (χ0v) is 15.4. The topological polar surface area (TPSA) is 81.9 Å². The summed E-state index contributed by atoms with van der Waals surface area (Å²) in [6.07, 6.45) is 0.779. The summed E-state index contributed by atoms with van der Waals surface area (Å²) in [5, 5.41) is 0. The molecular formula is C15H25ClN2O4S. The van der Waals surface area contributed by atoms with Crippen LogP contribution < -0.4 is 15.2 Å². The monoisotopic (exact) mass is 364 g/mol. The van der Waals surface area contributed by atoms with Crippen molar-refractivity contribution in [3.05, 3.63) is 18.2 Å². The Morgan fingerprint density at radius 1 is 1.22 bits per heavy atom. The Labute approximate surface area is 144 Å². The van der Waals surface area contributed by atoms with E-state index in [0.717, 1.165) is 6.42 Å². The van der Waals surface area contributed by atoms with E-state index in [1.807, 2.05) is 13.8 Å². The van der Waals surface area contributed by atoms with Gasteiger partial charge in [0.2, 0.25) is 10.0 Å². The fourth-order valence-electron chi connectivity index (χ4n) is 2.24. The molecule has 0 amide bonds. The molecule has 0 bridgehead atoms. The second kappa shape index (κ2) is 7.70. The van der Waals surface area contributed by atoms with Gasteiger partial charge in [0, 0.05) is 26.1 Å². The highest BCUT2D eigenvalue weighted by atomic mass is 35.5. The molecule has 1 heterocycles. The number of benzene rings is 1. The number of ether oxygens (including phenoxy) is 2. The first-order valence-corrected chi connectivity index (χ1v) is 8.76. The Bertz CT molecular complexity index is 634. The summed E-state index contributed by atoms with van der Waals surface area (Å²) in [4.78, 5) is 0.201. The van der Waals surface area contributed by atoms with Gasteiger partial charge in [0.05, 0.1) is 18.1 Å². The maximum absolute atomic E-state index is 12.7. The van der Waals surface area contributed by atoms with Crippen LogP contribution in [0.15, 0.2) is 23.1 Å². The Hall–Kier alpha value is -1.02. The van der Waals surface area contributed by atoms with Crippen molar-refractivity contribution in [2.45, 2.75) is 25.2 Å². The third-order valence-electron chi connectivity index (χ3n) is 3.63. The summed E-state index contributed by atoms with van der Waals surface area (Å²) >= 11 is 0. The van der Waals surface area contributed by atoms with Crippen LogP contribution in [0.2, 0.25) is 0 Å². The lowest BCUT2D eigenvalue weighted by Gasteiger charge is -2.28. The fraction of sp³-hybridized carbons (Fsp3) is 0.600. The Balaban J connectivity index is 0.00000264. The second-order valence-corrected chi connectivity index (χ2v) is 8.33. The molecule has 0 fully saturated rings. The van der Waals surface area contributed by atoms with Gasteiger partial charge < -0.3 is 15.2 Å². The molecule has 0 aromatic heterocycles. The number of rotatable bonds is 5. The summed E-state index contributed by atoms with van der Waals surface area (Å²) < 4.78 is 37.8. The van der Waals surface area contributed by atoms with Crippen molar-refractivity contribution in [1.29, 1.82) is 0 Å². The van der Waals surface area contributed by atoms with Crippen LogP contribution in [0.5, 0.6) is 11.5 Å². The molecule has 0 spiro atoms. The van der Waals surface area contributed by atoms with E-state index in [0.29, 0.717) is 37.8 Å². The van der Waals surface area contributed by atoms with Crippen molar-refractivity contribution >= 4 is 22.4 Å². The van der Waals surface area contributed by atoms with Gasteiger partial charge in [-0.05, 0) is 24.1 Å². The molecule has 0 atom stereocenters. The van der Waals surface area contributed by atoms with Gasteiger partial charge in [-0.3, -0.25) is 0 Å². The molecule has 0 radical (unpaired) electrons. The van der Waals surface area contributed by atoms with Crippen LogP contribution in [-0.4, -0.2) is 46.1 Å². The maximum atomic E-state index is 12.7. The van der Waals surface area contributed by atoms with E-state index < -0.39 is 10.0 Å². The molecule has 0 saturated carbocycles. The minimum Gasteiger partial charge on any atom is -0.490 e. The third kappa shape index (κ3) is 4.73. The molecule has 1 aliphatic heterocycles. The van der Waals surface area contributed by atoms with Crippen LogP contribution >= 0.6 is 12.4 Å². The Morgan fingerprint density at radius 2 is 1.83 bits per heavy atom. The van der Waals surface area contributed by atoms with Crippen LogP contribution in [-0.2, 0) is 10.0 Å². The largest absolute Gasteiger partial charge is 0.490 e. The Morgan fingerprint density at radius 3 is 2.43 bits per heavy atom. The van der Waals surface area contributed by atoms with Crippen molar-refractivity contribution in [3.8, 4) is 11.5 Å². The fourth-order valence-corrected chi connectivity index (χ4v) is 3.61. The van der Waals surface area contributed by atoms with E-state index in [2.05, 4.69) is 0 Å². The Kier molecular flexibility index (Phi) is 6.70. The number of nitrogens with two attached hydrogens (primary N) is 1. The summed E-state index contributed by atoms with van der Waals surface area (Å²) in [5.74, 6) is 1.06. The van der Waals surface area contributed by atoms with E-state index in [1.165, 1.54) is 10.4 Å². The normalized spacial score (nSPS) is 15.0. The van der Waals surface area contributed by atoms with Crippen LogP contribution in [0.3, 0.4) is 0 Å². The summed E-state index contributed by atoms with van der Waals surface area (Å²) in [5.41, 5.74) is 5.40. The van der Waals surface area contributed by atoms with Crippen LogP contribution in [0.1, 0.15) is 20.3 Å². The predicted molar refractivity (Wildman–Crippen MR) is 91.9 cm³/mol. The second-order valence-electron chi connectivity index (χ2n) is 6.29. The van der Waals surface area contributed by atoms with Gasteiger partial charge in [-0.1, -0.05) is 13.8 Å². The SMILES string of the molecule is CN(CC(C)(C)CN)S(=O)(=O)c1ccc2c(c1)OCCCO2.Cl. The molecule has 0 saturated heterocycles. The van der Waals surface area contributed by atoms with Gasteiger partial charge in [0.25, 0.3) is 0 Å². The van der Waals surface area contributed by atoms with Gasteiger partial charge in [-0.15, -0.1) is 12.4 Å². The lowest BCUT2D eigenvalue weighted by molar-refractivity contribution is 0.291. The highest BCUT2D eigenvalue weighted by Crippen LogP contribution is 2.33. The molecule has 23 heavy (non-hydrogen) atoms. The van der Waals surface area contributed by atoms with E-state index in [9.17, 15) is 8.42 Å². The van der Waals surface area contributed by atoms with Crippen molar-refractivity contribution in [3.63, 3.8) is 0 Å². The number of sulfonamides is 1. The van der Waals surface area contributed by atoms with Crippen molar-refractivity contribution < 1.29 is 17.9 Å². The highest BCUT2D eigenvalue weighted by molar-refractivity contribution is 7.89. The molecule has 1 aromatic carbocycles. The molecule has 132 valence electrons. The van der Waals surface area contributed by atoms with Gasteiger partial charge in [0.1, 0.15) is 0 Å². The van der Waals surface area contributed by atoms with Gasteiger partial charge in [0.15, 0.2) is 11.5 Å². The highest BCUT2D eigenvalue weighted by Gasteiger charge is 2.28. The predicted octanol–water partition coefficient (Wildman–Crippen LogP) is 1.88. The smallest absolute Gasteiger partial charge is 0.242 e. The average Bonchev–Trinajstić information content (AvgIpc) is 2.71. The summed E-state index contributed by atoms with van der Waals surface area (Å²) in [6, 6.07) is 4.73. The zero-order chi connectivity index (χ0) is 16.4. The number of fused-ring (bicyclic) bond motifs is 1. The first-order chi connectivity index (χ1) is 10.3. The van der Waals surface area contributed by atoms with E-state index >= 15 is 0 Å². The standard InChI is InChI=1S/C15H24N2O4S.ClH/c1-15(2,10-16)11-17(3)22(18,19)12-5-6-13-14(9-12)21-8-4-7-20-13;/h5-6,9H,4,7-8,10-11,16H2,1-3H3;1H. The van der Waals surface area contributed by atoms with Crippen molar-refractivity contribution in [1.82, 2.24) is 4.31 Å². The minimum absolute atomic E-state index is 0. The quantitative estimate of drug-likeness (QED) is 0.862. The summed E-state index contributed by atoms with van der Waals surface area (Å²) in [6.45, 7) is 5.73. The lowest BCUT2D eigenvalue weighted by atomic mass is 9.94.